The normalized spacial score (nSPS) is 10.5. The summed E-state index contributed by atoms with van der Waals surface area (Å²) in [6.45, 7) is 0. The quantitative estimate of drug-likeness (QED) is 0.518. The average Bonchev–Trinajstić information content (AvgIpc) is 2.48. The van der Waals surface area contributed by atoms with Crippen molar-refractivity contribution in [2.75, 3.05) is 17.7 Å². The molecular weight excluding hydrogens is 283 g/mol. The van der Waals surface area contributed by atoms with Crippen LogP contribution >= 0.6 is 0 Å². The van der Waals surface area contributed by atoms with Crippen LogP contribution in [0.25, 0.3) is 0 Å². The zero-order chi connectivity index (χ0) is 14.9. The van der Waals surface area contributed by atoms with Gasteiger partial charge in [-0.05, 0) is 0 Å². The van der Waals surface area contributed by atoms with Crippen LogP contribution in [0.1, 0.15) is 0 Å². The van der Waals surface area contributed by atoms with Gasteiger partial charge in [0.2, 0.25) is 5.82 Å². The van der Waals surface area contributed by atoms with Gasteiger partial charge in [-0.25, -0.2) is 31.9 Å². The van der Waals surface area contributed by atoms with Crippen LogP contribution in [0.5, 0.6) is 0 Å². The number of aromatic nitrogens is 2. The van der Waals surface area contributed by atoms with Gasteiger partial charge in [-0.1, -0.05) is 0 Å². The van der Waals surface area contributed by atoms with Crippen molar-refractivity contribution in [3.05, 3.63) is 41.5 Å². The van der Waals surface area contributed by atoms with Gasteiger partial charge in [0.05, 0.1) is 0 Å². The Morgan fingerprint density at radius 2 is 1.30 bits per heavy atom. The summed E-state index contributed by atoms with van der Waals surface area (Å²) in [5, 5.41) is 4.66. The molecule has 1 heterocycles. The number of nitrogens with zero attached hydrogens (tertiary/aromatic N) is 2. The Bertz CT molecular complexity index is 632. The molecule has 20 heavy (non-hydrogen) atoms. The van der Waals surface area contributed by atoms with Gasteiger partial charge < -0.3 is 10.6 Å². The summed E-state index contributed by atoms with van der Waals surface area (Å²) >= 11 is 0. The maximum Gasteiger partial charge on any atom is 0.200 e. The maximum atomic E-state index is 13.4. The van der Waals surface area contributed by atoms with E-state index in [0.717, 1.165) is 6.33 Å². The second-order valence-corrected chi connectivity index (χ2v) is 3.61. The highest BCUT2D eigenvalue weighted by atomic mass is 19.2. The van der Waals surface area contributed by atoms with Crippen molar-refractivity contribution >= 4 is 17.3 Å². The molecular formula is C11H7F5N4. The number of rotatable bonds is 3. The van der Waals surface area contributed by atoms with Crippen molar-refractivity contribution in [3.63, 3.8) is 0 Å². The first-order valence-electron chi connectivity index (χ1n) is 5.24. The summed E-state index contributed by atoms with van der Waals surface area (Å²) in [5.74, 6) is -10.1. The van der Waals surface area contributed by atoms with Crippen molar-refractivity contribution in [2.24, 2.45) is 0 Å². The Balaban J connectivity index is 2.48. The molecule has 0 aliphatic carbocycles. The molecule has 0 amide bonds. The predicted molar refractivity (Wildman–Crippen MR) is 61.1 cm³/mol. The molecule has 0 bridgehead atoms. The lowest BCUT2D eigenvalue weighted by atomic mass is 10.2. The molecule has 1 aromatic carbocycles. The summed E-state index contributed by atoms with van der Waals surface area (Å²) in [5.41, 5.74) is -1.18. The largest absolute Gasteiger partial charge is 0.373 e. The van der Waals surface area contributed by atoms with E-state index >= 15 is 0 Å². The number of halogens is 5. The van der Waals surface area contributed by atoms with E-state index in [4.69, 9.17) is 0 Å². The van der Waals surface area contributed by atoms with Crippen molar-refractivity contribution in [1.82, 2.24) is 9.97 Å². The molecule has 2 rings (SSSR count). The third-order valence-corrected chi connectivity index (χ3v) is 2.39. The fourth-order valence-electron chi connectivity index (χ4n) is 1.41. The monoisotopic (exact) mass is 290 g/mol. The molecule has 2 aromatic rings. The topological polar surface area (TPSA) is 49.8 Å². The first-order chi connectivity index (χ1) is 9.45. The van der Waals surface area contributed by atoms with Gasteiger partial charge in [0.25, 0.3) is 0 Å². The van der Waals surface area contributed by atoms with E-state index in [-0.39, 0.29) is 5.82 Å². The minimum absolute atomic E-state index is 0.132. The van der Waals surface area contributed by atoms with Crippen LogP contribution in [0.2, 0.25) is 0 Å². The third kappa shape index (κ3) is 2.33. The van der Waals surface area contributed by atoms with E-state index < -0.39 is 34.8 Å². The zero-order valence-electron chi connectivity index (χ0n) is 9.94. The minimum Gasteiger partial charge on any atom is -0.373 e. The molecule has 4 nitrogen and oxygen atoms in total. The number of hydrogen-bond acceptors (Lipinski definition) is 4. The number of nitrogens with one attached hydrogen (secondary N) is 2. The minimum atomic E-state index is -2.22. The standard InChI is InChI=1S/C11H7F5N4/c1-17-4-2-5(19-3-18-4)20-11-9(15)7(13)6(12)8(14)10(11)16/h2-3H,1H3,(H2,17,18,19,20). The Kier molecular flexibility index (Phi) is 3.68. The van der Waals surface area contributed by atoms with E-state index in [1.165, 1.54) is 13.1 Å². The van der Waals surface area contributed by atoms with E-state index in [9.17, 15) is 22.0 Å². The van der Waals surface area contributed by atoms with Crippen LogP contribution < -0.4 is 10.6 Å². The van der Waals surface area contributed by atoms with Gasteiger partial charge in [-0.3, -0.25) is 0 Å². The van der Waals surface area contributed by atoms with E-state index in [0.29, 0.717) is 5.82 Å². The van der Waals surface area contributed by atoms with Crippen LogP contribution in [-0.4, -0.2) is 17.0 Å². The van der Waals surface area contributed by atoms with Crippen LogP contribution in [0.4, 0.5) is 39.3 Å². The van der Waals surface area contributed by atoms with Gasteiger partial charge in [0.15, 0.2) is 23.3 Å². The smallest absolute Gasteiger partial charge is 0.200 e. The molecule has 0 aliphatic rings. The first-order valence-corrected chi connectivity index (χ1v) is 5.24. The summed E-state index contributed by atoms with van der Waals surface area (Å²) < 4.78 is 65.7. The van der Waals surface area contributed by atoms with Gasteiger partial charge in [-0.15, -0.1) is 0 Å². The van der Waals surface area contributed by atoms with Crippen LogP contribution in [0.3, 0.4) is 0 Å². The molecule has 0 saturated carbocycles. The van der Waals surface area contributed by atoms with E-state index in [1.807, 2.05) is 5.32 Å². The van der Waals surface area contributed by atoms with Crippen molar-refractivity contribution in [3.8, 4) is 0 Å². The molecule has 2 N–H and O–H groups in total. The summed E-state index contributed by atoms with van der Waals surface area (Å²) in [7, 11) is 1.53. The van der Waals surface area contributed by atoms with Gasteiger partial charge >= 0.3 is 0 Å². The lowest BCUT2D eigenvalue weighted by molar-refractivity contribution is 0.382. The first kappa shape index (κ1) is 14.0. The predicted octanol–water partition coefficient (Wildman–Crippen LogP) is 2.96. The summed E-state index contributed by atoms with van der Waals surface area (Å²) in [4.78, 5) is 7.35. The number of anilines is 3. The lowest BCUT2D eigenvalue weighted by Gasteiger charge is -2.10. The molecule has 0 radical (unpaired) electrons. The van der Waals surface area contributed by atoms with Gasteiger partial charge in [0, 0.05) is 13.1 Å². The molecule has 106 valence electrons. The molecule has 0 aliphatic heterocycles. The highest BCUT2D eigenvalue weighted by Crippen LogP contribution is 2.29. The second-order valence-electron chi connectivity index (χ2n) is 3.61. The summed E-state index contributed by atoms with van der Waals surface area (Å²) in [6, 6.07) is 1.23. The second kappa shape index (κ2) is 5.27. The van der Waals surface area contributed by atoms with Crippen molar-refractivity contribution in [2.45, 2.75) is 0 Å². The Morgan fingerprint density at radius 3 is 1.85 bits per heavy atom. The zero-order valence-corrected chi connectivity index (χ0v) is 9.94. The Morgan fingerprint density at radius 1 is 0.800 bits per heavy atom. The Labute approximate surface area is 109 Å². The number of hydrogen-bond donors (Lipinski definition) is 2. The molecule has 1 aromatic heterocycles. The van der Waals surface area contributed by atoms with Crippen LogP contribution in [0.15, 0.2) is 12.4 Å². The SMILES string of the molecule is CNc1cc(Nc2c(F)c(F)c(F)c(F)c2F)ncn1. The van der Waals surface area contributed by atoms with E-state index in [1.54, 1.807) is 0 Å². The molecule has 0 atom stereocenters. The third-order valence-electron chi connectivity index (χ3n) is 2.39. The van der Waals surface area contributed by atoms with E-state index in [2.05, 4.69) is 15.3 Å². The molecule has 0 unspecified atom stereocenters. The average molecular weight is 290 g/mol. The Hall–Kier alpha value is -2.45. The van der Waals surface area contributed by atoms with Crippen LogP contribution in [-0.2, 0) is 0 Å². The molecule has 9 heteroatoms. The van der Waals surface area contributed by atoms with Gasteiger partial charge in [0.1, 0.15) is 23.7 Å². The lowest BCUT2D eigenvalue weighted by Crippen LogP contribution is -2.08. The fraction of sp³-hybridized carbons (Fsp3) is 0.0909. The molecule has 0 fully saturated rings. The van der Waals surface area contributed by atoms with Crippen molar-refractivity contribution in [1.29, 1.82) is 0 Å². The van der Waals surface area contributed by atoms with Crippen LogP contribution in [0, 0.1) is 29.1 Å². The summed E-state index contributed by atoms with van der Waals surface area (Å²) in [6.07, 6.45) is 1.06. The highest BCUT2D eigenvalue weighted by Gasteiger charge is 2.26. The number of benzene rings is 1. The maximum absolute atomic E-state index is 13.4. The van der Waals surface area contributed by atoms with Crippen molar-refractivity contribution < 1.29 is 22.0 Å². The molecule has 0 spiro atoms. The fourth-order valence-corrected chi connectivity index (χ4v) is 1.41. The molecule has 0 saturated heterocycles. The highest BCUT2D eigenvalue weighted by molar-refractivity contribution is 5.60. The van der Waals surface area contributed by atoms with Gasteiger partial charge in [-0.2, -0.15) is 0 Å².